The van der Waals surface area contributed by atoms with E-state index in [0.29, 0.717) is 0 Å². The number of rotatable bonds is 0. The van der Waals surface area contributed by atoms with Gasteiger partial charge < -0.3 is 0 Å². The number of benzene rings is 2. The molecule has 0 heteroatoms. The van der Waals surface area contributed by atoms with Gasteiger partial charge in [-0.3, -0.25) is 0 Å². The Morgan fingerprint density at radius 3 is 1.90 bits per heavy atom. The molecule has 0 aromatic heterocycles. The van der Waals surface area contributed by atoms with Crippen LogP contribution in [-0.4, -0.2) is 0 Å². The molecule has 20 heavy (non-hydrogen) atoms. The first-order valence-corrected chi connectivity index (χ1v) is 7.58. The van der Waals surface area contributed by atoms with E-state index >= 15 is 0 Å². The highest BCUT2D eigenvalue weighted by Gasteiger charge is 2.42. The van der Waals surface area contributed by atoms with E-state index in [1.165, 1.54) is 35.1 Å². The molecule has 0 saturated carbocycles. The molecule has 0 heterocycles. The molecule has 0 nitrogen and oxygen atoms in total. The lowest BCUT2D eigenvalue weighted by molar-refractivity contribution is 0.476. The average molecular weight is 260 g/mol. The van der Waals surface area contributed by atoms with Gasteiger partial charge in [0.25, 0.3) is 0 Å². The number of aryl methyl sites for hydroxylation is 2. The van der Waals surface area contributed by atoms with Gasteiger partial charge in [-0.25, -0.2) is 0 Å². The molecule has 2 aromatic carbocycles. The van der Waals surface area contributed by atoms with Crippen molar-refractivity contribution in [1.29, 1.82) is 0 Å². The molecule has 0 radical (unpaired) electrons. The SMILES string of the molecule is Cc1ccc2c(c1)C1(CC=CCC1)c1cc(C)ccc1-2. The number of hydrogen-bond donors (Lipinski definition) is 0. The molecule has 4 rings (SSSR count). The van der Waals surface area contributed by atoms with E-state index in [9.17, 15) is 0 Å². The molecule has 2 aliphatic carbocycles. The van der Waals surface area contributed by atoms with E-state index in [4.69, 9.17) is 0 Å². The summed E-state index contributed by atoms with van der Waals surface area (Å²) in [6.45, 7) is 4.42. The van der Waals surface area contributed by atoms with Crippen LogP contribution < -0.4 is 0 Å². The summed E-state index contributed by atoms with van der Waals surface area (Å²) in [5.41, 5.74) is 9.02. The molecule has 2 aliphatic rings. The van der Waals surface area contributed by atoms with Gasteiger partial charge >= 0.3 is 0 Å². The summed E-state index contributed by atoms with van der Waals surface area (Å²) < 4.78 is 0. The van der Waals surface area contributed by atoms with Crippen molar-refractivity contribution < 1.29 is 0 Å². The zero-order valence-electron chi connectivity index (χ0n) is 12.2. The molecule has 100 valence electrons. The lowest BCUT2D eigenvalue weighted by atomic mass is 9.69. The Kier molecular flexibility index (Phi) is 2.44. The molecule has 0 unspecified atom stereocenters. The fraction of sp³-hybridized carbons (Fsp3) is 0.300. The lowest BCUT2D eigenvalue weighted by Crippen LogP contribution is -2.26. The Labute approximate surface area is 121 Å². The molecule has 0 fully saturated rings. The largest absolute Gasteiger partial charge is 0.0885 e. The minimum atomic E-state index is 0.234. The molecule has 0 aliphatic heterocycles. The van der Waals surface area contributed by atoms with Crippen molar-refractivity contribution in [2.24, 2.45) is 0 Å². The van der Waals surface area contributed by atoms with Crippen LogP contribution in [0.3, 0.4) is 0 Å². The van der Waals surface area contributed by atoms with Crippen molar-refractivity contribution >= 4 is 0 Å². The quantitative estimate of drug-likeness (QED) is 0.563. The third-order valence-electron chi connectivity index (χ3n) is 5.04. The van der Waals surface area contributed by atoms with E-state index in [2.05, 4.69) is 62.4 Å². The third kappa shape index (κ3) is 1.48. The Hall–Kier alpha value is -1.82. The van der Waals surface area contributed by atoms with Crippen LogP contribution in [0.4, 0.5) is 0 Å². The van der Waals surface area contributed by atoms with E-state index in [-0.39, 0.29) is 5.41 Å². The standard InChI is InChI=1S/C20H20/c1-14-6-8-16-17-9-7-15(2)13-19(17)20(18(16)12-14)10-4-3-5-11-20/h3-4,6-9,12-13H,5,10-11H2,1-2H3. The van der Waals surface area contributed by atoms with Crippen molar-refractivity contribution in [1.82, 2.24) is 0 Å². The first-order chi connectivity index (χ1) is 9.71. The van der Waals surface area contributed by atoms with Crippen molar-refractivity contribution in [2.45, 2.75) is 38.5 Å². The minimum Gasteiger partial charge on any atom is -0.0885 e. The Bertz CT molecular complexity index is 667. The molecule has 0 amide bonds. The van der Waals surface area contributed by atoms with Crippen molar-refractivity contribution in [3.63, 3.8) is 0 Å². The maximum atomic E-state index is 2.42. The van der Waals surface area contributed by atoms with Crippen LogP contribution in [0.5, 0.6) is 0 Å². The summed E-state index contributed by atoms with van der Waals surface area (Å²) in [6.07, 6.45) is 8.32. The lowest BCUT2D eigenvalue weighted by Gasteiger charge is -2.33. The van der Waals surface area contributed by atoms with Crippen molar-refractivity contribution in [3.8, 4) is 11.1 Å². The molecule has 0 saturated heterocycles. The second-order valence-electron chi connectivity index (χ2n) is 6.39. The fourth-order valence-electron chi connectivity index (χ4n) is 4.05. The summed E-state index contributed by atoms with van der Waals surface area (Å²) in [5, 5.41) is 0. The monoisotopic (exact) mass is 260 g/mol. The van der Waals surface area contributed by atoms with E-state index in [1.807, 2.05) is 0 Å². The highest BCUT2D eigenvalue weighted by molar-refractivity contribution is 5.82. The maximum absolute atomic E-state index is 2.42. The molecule has 2 aromatic rings. The molecule has 0 N–H and O–H groups in total. The molecular formula is C20H20. The van der Waals surface area contributed by atoms with Crippen LogP contribution in [0.25, 0.3) is 11.1 Å². The normalized spacial score (nSPS) is 18.1. The second kappa shape index (κ2) is 4.09. The van der Waals surface area contributed by atoms with Gasteiger partial charge in [0.05, 0.1) is 0 Å². The summed E-state index contributed by atoms with van der Waals surface area (Å²) in [6, 6.07) is 14.0. The third-order valence-corrected chi connectivity index (χ3v) is 5.04. The predicted molar refractivity (Wildman–Crippen MR) is 85.1 cm³/mol. The van der Waals surface area contributed by atoms with Gasteiger partial charge in [-0.15, -0.1) is 0 Å². The van der Waals surface area contributed by atoms with Gasteiger partial charge in [-0.05, 0) is 55.4 Å². The molecular weight excluding hydrogens is 240 g/mol. The molecule has 1 spiro atoms. The second-order valence-corrected chi connectivity index (χ2v) is 6.39. The van der Waals surface area contributed by atoms with Crippen molar-refractivity contribution in [2.75, 3.05) is 0 Å². The highest BCUT2D eigenvalue weighted by Crippen LogP contribution is 2.54. The highest BCUT2D eigenvalue weighted by atomic mass is 14.4. The first-order valence-electron chi connectivity index (χ1n) is 7.58. The van der Waals surface area contributed by atoms with Gasteiger partial charge in [0.15, 0.2) is 0 Å². The number of fused-ring (bicyclic) bond motifs is 5. The van der Waals surface area contributed by atoms with Crippen LogP contribution in [0.2, 0.25) is 0 Å². The van der Waals surface area contributed by atoms with Crippen LogP contribution in [0, 0.1) is 13.8 Å². The van der Waals surface area contributed by atoms with Gasteiger partial charge in [0.1, 0.15) is 0 Å². The van der Waals surface area contributed by atoms with Crippen LogP contribution in [0.15, 0.2) is 48.6 Å². The minimum absolute atomic E-state index is 0.234. The smallest absolute Gasteiger partial charge is 0.0252 e. The van der Waals surface area contributed by atoms with Crippen LogP contribution in [0.1, 0.15) is 41.5 Å². The van der Waals surface area contributed by atoms with E-state index < -0.39 is 0 Å². The summed E-state index contributed by atoms with van der Waals surface area (Å²) in [7, 11) is 0. The Balaban J connectivity index is 2.06. The summed E-state index contributed by atoms with van der Waals surface area (Å²) >= 11 is 0. The Morgan fingerprint density at radius 1 is 0.800 bits per heavy atom. The number of hydrogen-bond acceptors (Lipinski definition) is 0. The summed E-state index contributed by atoms with van der Waals surface area (Å²) in [4.78, 5) is 0. The number of allylic oxidation sites excluding steroid dienone is 2. The van der Waals surface area contributed by atoms with Crippen LogP contribution >= 0.6 is 0 Å². The summed E-state index contributed by atoms with van der Waals surface area (Å²) in [5.74, 6) is 0. The predicted octanol–water partition coefficient (Wildman–Crippen LogP) is 5.31. The first kappa shape index (κ1) is 12.0. The fourth-order valence-corrected chi connectivity index (χ4v) is 4.05. The molecule has 0 bridgehead atoms. The molecule has 0 atom stereocenters. The Morgan fingerprint density at radius 2 is 1.40 bits per heavy atom. The van der Waals surface area contributed by atoms with Gasteiger partial charge in [0, 0.05) is 5.41 Å². The van der Waals surface area contributed by atoms with E-state index in [1.54, 1.807) is 11.1 Å². The van der Waals surface area contributed by atoms with E-state index in [0.717, 1.165) is 6.42 Å². The van der Waals surface area contributed by atoms with Gasteiger partial charge in [-0.2, -0.15) is 0 Å². The van der Waals surface area contributed by atoms with Gasteiger partial charge in [0.2, 0.25) is 0 Å². The maximum Gasteiger partial charge on any atom is 0.0252 e. The zero-order chi connectivity index (χ0) is 13.7. The topological polar surface area (TPSA) is 0 Å². The van der Waals surface area contributed by atoms with Crippen molar-refractivity contribution in [3.05, 3.63) is 70.8 Å². The van der Waals surface area contributed by atoms with Gasteiger partial charge in [-0.1, -0.05) is 59.7 Å². The average Bonchev–Trinajstić information content (AvgIpc) is 2.70. The van der Waals surface area contributed by atoms with Crippen LogP contribution in [-0.2, 0) is 5.41 Å². The zero-order valence-corrected chi connectivity index (χ0v) is 12.2.